The van der Waals surface area contributed by atoms with Gasteiger partial charge >= 0.3 is 12.1 Å². The summed E-state index contributed by atoms with van der Waals surface area (Å²) in [5.41, 5.74) is 1.05. The van der Waals surface area contributed by atoms with Gasteiger partial charge in [0.05, 0.1) is 19.0 Å². The van der Waals surface area contributed by atoms with Gasteiger partial charge in [-0.25, -0.2) is 4.79 Å². The summed E-state index contributed by atoms with van der Waals surface area (Å²) in [5.74, 6) is -0.579. The van der Waals surface area contributed by atoms with Gasteiger partial charge in [0.2, 0.25) is 0 Å². The minimum Gasteiger partial charge on any atom is -0.468 e. The van der Waals surface area contributed by atoms with Crippen molar-refractivity contribution in [2.45, 2.75) is 26.4 Å². The lowest BCUT2D eigenvalue weighted by Gasteiger charge is -2.28. The number of aromatic nitrogens is 1. The van der Waals surface area contributed by atoms with Crippen molar-refractivity contribution in [1.29, 1.82) is 0 Å². The number of rotatable bonds is 4. The van der Waals surface area contributed by atoms with Crippen LogP contribution in [0.3, 0.4) is 0 Å². The maximum atomic E-state index is 12.7. The van der Waals surface area contributed by atoms with E-state index < -0.39 is 17.7 Å². The number of halogens is 1. The number of esters is 1. The molecule has 0 fully saturated rings. The van der Waals surface area contributed by atoms with Gasteiger partial charge in [0, 0.05) is 22.3 Å². The van der Waals surface area contributed by atoms with E-state index in [0.29, 0.717) is 21.8 Å². The van der Waals surface area contributed by atoms with Crippen LogP contribution in [-0.2, 0) is 14.3 Å². The molecule has 1 aromatic heterocycles. The Morgan fingerprint density at radius 3 is 2.46 bits per heavy atom. The molecule has 1 aromatic carbocycles. The third kappa shape index (κ3) is 4.95. The fourth-order valence-electron chi connectivity index (χ4n) is 2.27. The highest BCUT2D eigenvalue weighted by Crippen LogP contribution is 2.35. The van der Waals surface area contributed by atoms with Gasteiger partial charge < -0.3 is 9.47 Å². The van der Waals surface area contributed by atoms with Crippen LogP contribution in [0.25, 0.3) is 11.1 Å². The summed E-state index contributed by atoms with van der Waals surface area (Å²) in [4.78, 5) is 29.9. The standard InChI is InChI=1S/C19H21ClN2O4/c1-19(2,3)26-18(24)22(12-17(23)25-4)16-11-21-10-9-14(16)13-7-5-6-8-15(13)20/h5-11H,12H2,1-4H3. The third-order valence-corrected chi connectivity index (χ3v) is 3.71. The number of pyridine rings is 1. The van der Waals surface area contributed by atoms with E-state index in [0.717, 1.165) is 0 Å². The molecule has 1 amide bonds. The lowest BCUT2D eigenvalue weighted by molar-refractivity contribution is -0.139. The Morgan fingerprint density at radius 1 is 1.15 bits per heavy atom. The Morgan fingerprint density at radius 2 is 1.85 bits per heavy atom. The van der Waals surface area contributed by atoms with Crippen molar-refractivity contribution in [2.75, 3.05) is 18.6 Å². The average Bonchev–Trinajstić information content (AvgIpc) is 2.58. The normalized spacial score (nSPS) is 11.0. The maximum Gasteiger partial charge on any atom is 0.415 e. The van der Waals surface area contributed by atoms with Gasteiger partial charge in [-0.2, -0.15) is 0 Å². The van der Waals surface area contributed by atoms with Crippen LogP contribution in [-0.4, -0.2) is 36.3 Å². The number of hydrogen-bond donors (Lipinski definition) is 0. The van der Waals surface area contributed by atoms with Crippen molar-refractivity contribution in [3.8, 4) is 11.1 Å². The zero-order valence-corrected chi connectivity index (χ0v) is 15.9. The third-order valence-electron chi connectivity index (χ3n) is 3.38. The van der Waals surface area contributed by atoms with Crippen LogP contribution in [0, 0.1) is 0 Å². The molecule has 0 N–H and O–H groups in total. The fourth-order valence-corrected chi connectivity index (χ4v) is 2.50. The Balaban J connectivity index is 2.53. The number of carbonyl (C=O) groups excluding carboxylic acids is 2. The number of nitrogens with zero attached hydrogens (tertiary/aromatic N) is 2. The van der Waals surface area contributed by atoms with Crippen molar-refractivity contribution < 1.29 is 19.1 Å². The Kier molecular flexibility index (Phi) is 6.21. The predicted molar refractivity (Wildman–Crippen MR) is 100 cm³/mol. The number of hydrogen-bond acceptors (Lipinski definition) is 5. The molecule has 0 unspecified atom stereocenters. The molecule has 0 saturated heterocycles. The van der Waals surface area contributed by atoms with Gasteiger partial charge in [-0.15, -0.1) is 0 Å². The molecule has 0 aliphatic carbocycles. The average molecular weight is 377 g/mol. The smallest absolute Gasteiger partial charge is 0.415 e. The van der Waals surface area contributed by atoms with Crippen molar-refractivity contribution in [2.24, 2.45) is 0 Å². The molecule has 0 saturated carbocycles. The number of carbonyl (C=O) groups is 2. The number of amides is 1. The van der Waals surface area contributed by atoms with Gasteiger partial charge in [-0.3, -0.25) is 14.7 Å². The van der Waals surface area contributed by atoms with Crippen LogP contribution in [0.4, 0.5) is 10.5 Å². The fraction of sp³-hybridized carbons (Fsp3) is 0.316. The van der Waals surface area contributed by atoms with E-state index in [1.54, 1.807) is 39.1 Å². The Labute approximate surface area is 157 Å². The second-order valence-electron chi connectivity index (χ2n) is 6.52. The van der Waals surface area contributed by atoms with Crippen LogP contribution >= 0.6 is 11.6 Å². The molecular weight excluding hydrogens is 356 g/mol. The quantitative estimate of drug-likeness (QED) is 0.743. The molecule has 0 spiro atoms. The second-order valence-corrected chi connectivity index (χ2v) is 6.92. The summed E-state index contributed by atoms with van der Waals surface area (Å²) in [6.07, 6.45) is 2.41. The first-order valence-corrected chi connectivity index (χ1v) is 8.37. The first-order valence-electron chi connectivity index (χ1n) is 7.99. The number of benzene rings is 1. The lowest BCUT2D eigenvalue weighted by Crippen LogP contribution is -2.40. The lowest BCUT2D eigenvalue weighted by atomic mass is 10.0. The number of anilines is 1. The summed E-state index contributed by atoms with van der Waals surface area (Å²) >= 11 is 6.31. The van der Waals surface area contributed by atoms with Gasteiger partial charge in [0.15, 0.2) is 0 Å². The topological polar surface area (TPSA) is 68.7 Å². The summed E-state index contributed by atoms with van der Waals surface area (Å²) in [5, 5.41) is 0.516. The van der Waals surface area contributed by atoms with Crippen molar-refractivity contribution in [3.05, 3.63) is 47.7 Å². The second kappa shape index (κ2) is 8.19. The highest BCUT2D eigenvalue weighted by molar-refractivity contribution is 6.33. The van der Waals surface area contributed by atoms with Crippen molar-refractivity contribution in [3.63, 3.8) is 0 Å². The Hall–Kier alpha value is -2.60. The van der Waals surface area contributed by atoms with Crippen molar-refractivity contribution in [1.82, 2.24) is 4.98 Å². The van der Waals surface area contributed by atoms with Gasteiger partial charge in [0.1, 0.15) is 12.1 Å². The molecule has 0 aliphatic rings. The highest BCUT2D eigenvalue weighted by atomic mass is 35.5. The minimum absolute atomic E-state index is 0.311. The van der Waals surface area contributed by atoms with Crippen LogP contribution < -0.4 is 4.90 Å². The Bertz CT molecular complexity index is 802. The van der Waals surface area contributed by atoms with Crippen LogP contribution in [0.15, 0.2) is 42.7 Å². The number of ether oxygens (including phenoxy) is 2. The minimum atomic E-state index is -0.724. The first-order chi connectivity index (χ1) is 12.2. The van der Waals surface area contributed by atoms with E-state index in [1.807, 2.05) is 18.2 Å². The molecule has 1 heterocycles. The predicted octanol–water partition coefficient (Wildman–Crippen LogP) is 4.32. The SMILES string of the molecule is COC(=O)CN(C(=O)OC(C)(C)C)c1cnccc1-c1ccccc1Cl. The highest BCUT2D eigenvalue weighted by Gasteiger charge is 2.28. The van der Waals surface area contributed by atoms with E-state index in [2.05, 4.69) is 4.98 Å². The van der Waals surface area contributed by atoms with E-state index in [9.17, 15) is 9.59 Å². The molecule has 7 heteroatoms. The monoisotopic (exact) mass is 376 g/mol. The molecule has 0 atom stereocenters. The molecule has 0 bridgehead atoms. The largest absolute Gasteiger partial charge is 0.468 e. The van der Waals surface area contributed by atoms with Gasteiger partial charge in [0.25, 0.3) is 0 Å². The molecule has 2 rings (SSSR count). The summed E-state index contributed by atoms with van der Waals surface area (Å²) in [6, 6.07) is 8.95. The summed E-state index contributed by atoms with van der Waals surface area (Å²) in [7, 11) is 1.26. The zero-order chi connectivity index (χ0) is 19.3. The van der Waals surface area contributed by atoms with Crippen LogP contribution in [0.5, 0.6) is 0 Å². The van der Waals surface area contributed by atoms with Gasteiger partial charge in [-0.05, 0) is 32.9 Å². The molecular formula is C19H21ClN2O4. The molecule has 6 nitrogen and oxygen atoms in total. The first kappa shape index (κ1) is 19.7. The summed E-state index contributed by atoms with van der Waals surface area (Å²) < 4.78 is 10.2. The maximum absolute atomic E-state index is 12.7. The van der Waals surface area contributed by atoms with E-state index in [4.69, 9.17) is 21.1 Å². The van der Waals surface area contributed by atoms with Crippen LogP contribution in [0.1, 0.15) is 20.8 Å². The van der Waals surface area contributed by atoms with Gasteiger partial charge in [-0.1, -0.05) is 29.8 Å². The van der Waals surface area contributed by atoms with E-state index in [-0.39, 0.29) is 6.54 Å². The summed E-state index contributed by atoms with van der Waals surface area (Å²) in [6.45, 7) is 4.94. The van der Waals surface area contributed by atoms with E-state index >= 15 is 0 Å². The molecule has 0 radical (unpaired) electrons. The molecule has 26 heavy (non-hydrogen) atoms. The zero-order valence-electron chi connectivity index (χ0n) is 15.2. The van der Waals surface area contributed by atoms with Crippen LogP contribution in [0.2, 0.25) is 5.02 Å². The molecule has 2 aromatic rings. The van der Waals surface area contributed by atoms with E-state index in [1.165, 1.54) is 18.2 Å². The number of methoxy groups -OCH3 is 1. The van der Waals surface area contributed by atoms with Crippen molar-refractivity contribution >= 4 is 29.4 Å². The molecule has 138 valence electrons. The molecule has 0 aliphatic heterocycles.